The molecular formula is C15H23Cl2FN4. The van der Waals surface area contributed by atoms with Crippen molar-refractivity contribution in [3.63, 3.8) is 0 Å². The number of benzene rings is 1. The van der Waals surface area contributed by atoms with E-state index in [1.54, 1.807) is 4.68 Å². The van der Waals surface area contributed by atoms with Crippen LogP contribution in [0.5, 0.6) is 0 Å². The lowest BCUT2D eigenvalue weighted by molar-refractivity contribution is 0.426. The molecule has 0 bridgehead atoms. The van der Waals surface area contributed by atoms with Gasteiger partial charge in [0.1, 0.15) is 6.67 Å². The number of hydrogen-bond acceptors (Lipinski definition) is 3. The van der Waals surface area contributed by atoms with Gasteiger partial charge in [0.2, 0.25) is 0 Å². The fourth-order valence-electron chi connectivity index (χ4n) is 2.00. The van der Waals surface area contributed by atoms with Gasteiger partial charge in [-0.2, -0.15) is 5.10 Å². The Morgan fingerprint density at radius 3 is 2.36 bits per heavy atom. The van der Waals surface area contributed by atoms with Gasteiger partial charge in [-0.15, -0.1) is 24.8 Å². The Kier molecular flexibility index (Phi) is 8.90. The molecule has 1 heterocycles. The van der Waals surface area contributed by atoms with Crippen LogP contribution in [0.15, 0.2) is 30.5 Å². The molecule has 0 aliphatic carbocycles. The number of nitrogens with zero attached hydrogens (tertiary/aromatic N) is 3. The second-order valence-electron chi connectivity index (χ2n) is 4.99. The Hall–Kier alpha value is -1.46. The summed E-state index contributed by atoms with van der Waals surface area (Å²) in [7, 11) is 4.05. The van der Waals surface area contributed by atoms with E-state index in [0.29, 0.717) is 6.54 Å². The molecule has 124 valence electrons. The summed E-state index contributed by atoms with van der Waals surface area (Å²) < 4.78 is 13.9. The predicted molar refractivity (Wildman–Crippen MR) is 95.5 cm³/mol. The van der Waals surface area contributed by atoms with Crippen molar-refractivity contribution in [1.29, 1.82) is 0 Å². The monoisotopic (exact) mass is 348 g/mol. The predicted octanol–water partition coefficient (Wildman–Crippen LogP) is 3.68. The number of aromatic nitrogens is 2. The van der Waals surface area contributed by atoms with Gasteiger partial charge < -0.3 is 10.2 Å². The van der Waals surface area contributed by atoms with Gasteiger partial charge in [0.25, 0.3) is 0 Å². The fraction of sp³-hybridized carbons (Fsp3) is 0.400. The van der Waals surface area contributed by atoms with Gasteiger partial charge in [-0.1, -0.05) is 12.1 Å². The van der Waals surface area contributed by atoms with Gasteiger partial charge in [-0.05, 0) is 24.6 Å². The van der Waals surface area contributed by atoms with E-state index in [1.807, 2.05) is 27.2 Å². The molecular weight excluding hydrogens is 326 g/mol. The zero-order chi connectivity index (χ0) is 14.5. The maximum Gasteiger partial charge on any atom is 0.109 e. The molecule has 2 aromatic rings. The summed E-state index contributed by atoms with van der Waals surface area (Å²) in [5.74, 6) is 0. The molecule has 2 rings (SSSR count). The first-order chi connectivity index (χ1) is 9.60. The summed E-state index contributed by atoms with van der Waals surface area (Å²) in [5.41, 5.74) is 4.23. The summed E-state index contributed by atoms with van der Waals surface area (Å²) in [6.45, 7) is 2.56. The van der Waals surface area contributed by atoms with E-state index in [1.165, 1.54) is 11.3 Å². The minimum Gasteiger partial charge on any atom is -0.378 e. The first kappa shape index (κ1) is 20.5. The first-order valence-electron chi connectivity index (χ1n) is 6.70. The SMILES string of the molecule is Cc1nn(CCF)cc1NCc1ccc(N(C)C)cc1.Cl.Cl. The third-order valence-electron chi connectivity index (χ3n) is 3.20. The Morgan fingerprint density at radius 1 is 1.18 bits per heavy atom. The van der Waals surface area contributed by atoms with Crippen molar-refractivity contribution in [3.8, 4) is 0 Å². The van der Waals surface area contributed by atoms with Crippen molar-refractivity contribution in [2.45, 2.75) is 20.0 Å². The van der Waals surface area contributed by atoms with Gasteiger partial charge in [-0.25, -0.2) is 4.39 Å². The molecule has 4 nitrogen and oxygen atoms in total. The zero-order valence-electron chi connectivity index (χ0n) is 13.0. The molecule has 1 aromatic heterocycles. The highest BCUT2D eigenvalue weighted by atomic mass is 35.5. The van der Waals surface area contributed by atoms with Crippen LogP contribution in [-0.4, -0.2) is 30.6 Å². The van der Waals surface area contributed by atoms with Gasteiger partial charge in [-0.3, -0.25) is 4.68 Å². The molecule has 0 atom stereocenters. The third-order valence-corrected chi connectivity index (χ3v) is 3.20. The molecule has 0 saturated carbocycles. The summed E-state index contributed by atoms with van der Waals surface area (Å²) in [4.78, 5) is 2.07. The van der Waals surface area contributed by atoms with E-state index in [2.05, 4.69) is 39.6 Å². The third kappa shape index (κ3) is 5.39. The van der Waals surface area contributed by atoms with E-state index < -0.39 is 6.67 Å². The van der Waals surface area contributed by atoms with Crippen LogP contribution in [0.2, 0.25) is 0 Å². The second kappa shape index (κ2) is 9.54. The Bertz CT molecular complexity index is 555. The second-order valence-corrected chi connectivity index (χ2v) is 4.99. The average Bonchev–Trinajstić information content (AvgIpc) is 2.77. The normalized spacial score (nSPS) is 9.64. The smallest absolute Gasteiger partial charge is 0.109 e. The lowest BCUT2D eigenvalue weighted by Crippen LogP contribution is -2.08. The highest BCUT2D eigenvalue weighted by molar-refractivity contribution is 5.85. The van der Waals surface area contributed by atoms with Gasteiger partial charge in [0, 0.05) is 32.5 Å². The van der Waals surface area contributed by atoms with E-state index >= 15 is 0 Å². The molecule has 0 unspecified atom stereocenters. The van der Waals surface area contributed by atoms with E-state index in [4.69, 9.17) is 0 Å². The highest BCUT2D eigenvalue weighted by Gasteiger charge is 2.04. The van der Waals surface area contributed by atoms with Crippen LogP contribution in [0.4, 0.5) is 15.8 Å². The van der Waals surface area contributed by atoms with Crippen molar-refractivity contribution in [3.05, 3.63) is 41.7 Å². The molecule has 0 amide bonds. The summed E-state index contributed by atoms with van der Waals surface area (Å²) in [6.07, 6.45) is 1.85. The minimum absolute atomic E-state index is 0. The van der Waals surface area contributed by atoms with Gasteiger partial charge >= 0.3 is 0 Å². The number of rotatable bonds is 6. The van der Waals surface area contributed by atoms with Crippen LogP contribution in [0.1, 0.15) is 11.3 Å². The van der Waals surface area contributed by atoms with Crippen LogP contribution in [0.3, 0.4) is 0 Å². The van der Waals surface area contributed by atoms with E-state index in [9.17, 15) is 4.39 Å². The van der Waals surface area contributed by atoms with Crippen molar-refractivity contribution < 1.29 is 4.39 Å². The van der Waals surface area contributed by atoms with E-state index in [-0.39, 0.29) is 24.8 Å². The number of halogens is 3. The number of alkyl halides is 1. The van der Waals surface area contributed by atoms with Crippen molar-refractivity contribution >= 4 is 36.2 Å². The van der Waals surface area contributed by atoms with E-state index in [0.717, 1.165) is 17.9 Å². The minimum atomic E-state index is -0.396. The Morgan fingerprint density at radius 2 is 1.82 bits per heavy atom. The maximum absolute atomic E-state index is 12.3. The molecule has 0 aliphatic rings. The standard InChI is InChI=1S/C15H21FN4.2ClH/c1-12-15(11-20(18-12)9-8-16)17-10-13-4-6-14(7-5-13)19(2)3;;/h4-7,11,17H,8-10H2,1-3H3;2*1H. The summed E-state index contributed by atoms with van der Waals surface area (Å²) in [5, 5.41) is 7.59. The quantitative estimate of drug-likeness (QED) is 0.864. The van der Waals surface area contributed by atoms with Crippen LogP contribution in [0.25, 0.3) is 0 Å². The molecule has 0 radical (unpaired) electrons. The Balaban J connectivity index is 0.00000220. The molecule has 1 N–H and O–H groups in total. The maximum atomic E-state index is 12.3. The van der Waals surface area contributed by atoms with Crippen LogP contribution in [-0.2, 0) is 13.1 Å². The largest absolute Gasteiger partial charge is 0.378 e. The molecule has 7 heteroatoms. The van der Waals surface area contributed by atoms with Crippen molar-refractivity contribution in [2.24, 2.45) is 0 Å². The van der Waals surface area contributed by atoms with Crippen LogP contribution < -0.4 is 10.2 Å². The number of anilines is 2. The molecule has 0 saturated heterocycles. The van der Waals surface area contributed by atoms with Crippen molar-refractivity contribution in [1.82, 2.24) is 9.78 Å². The topological polar surface area (TPSA) is 33.1 Å². The fourth-order valence-corrected chi connectivity index (χ4v) is 2.00. The van der Waals surface area contributed by atoms with Crippen LogP contribution >= 0.6 is 24.8 Å². The van der Waals surface area contributed by atoms with Gasteiger partial charge in [0.15, 0.2) is 0 Å². The number of hydrogen-bond donors (Lipinski definition) is 1. The lowest BCUT2D eigenvalue weighted by atomic mass is 10.2. The molecule has 0 spiro atoms. The first-order valence-corrected chi connectivity index (χ1v) is 6.70. The zero-order valence-corrected chi connectivity index (χ0v) is 14.7. The molecule has 0 aliphatic heterocycles. The Labute approximate surface area is 143 Å². The molecule has 22 heavy (non-hydrogen) atoms. The molecule has 1 aromatic carbocycles. The van der Waals surface area contributed by atoms with Crippen LogP contribution in [0, 0.1) is 6.92 Å². The van der Waals surface area contributed by atoms with Crippen molar-refractivity contribution in [2.75, 3.05) is 31.0 Å². The number of nitrogens with one attached hydrogen (secondary N) is 1. The summed E-state index contributed by atoms with van der Waals surface area (Å²) >= 11 is 0. The lowest BCUT2D eigenvalue weighted by Gasteiger charge is -2.13. The number of aryl methyl sites for hydroxylation is 2. The average molecular weight is 349 g/mol. The summed E-state index contributed by atoms with van der Waals surface area (Å²) in [6, 6.07) is 8.39. The molecule has 0 fully saturated rings. The van der Waals surface area contributed by atoms with Gasteiger partial charge in [0.05, 0.1) is 17.9 Å². The highest BCUT2D eigenvalue weighted by Crippen LogP contribution is 2.16.